The van der Waals surface area contributed by atoms with Crippen LogP contribution in [-0.2, 0) is 19.0 Å². The summed E-state index contributed by atoms with van der Waals surface area (Å²) in [6.45, 7) is 2.31. The predicted octanol–water partition coefficient (Wildman–Crippen LogP) is 0.333. The fourth-order valence-electron chi connectivity index (χ4n) is 0.381. The zero-order valence-electron chi connectivity index (χ0n) is 6.24. The number of ether oxygens (including phenoxy) is 3. The zero-order chi connectivity index (χ0) is 8.53. The number of hydrogen-bond acceptors (Lipinski definition) is 5. The van der Waals surface area contributed by atoms with Crippen molar-refractivity contribution in [1.29, 1.82) is 0 Å². The number of rotatable bonds is 5. The molecule has 0 aromatic carbocycles. The van der Waals surface area contributed by atoms with Gasteiger partial charge in [-0.1, -0.05) is 0 Å². The Balaban J connectivity index is 3.10. The van der Waals surface area contributed by atoms with Crippen molar-refractivity contribution in [2.75, 3.05) is 19.8 Å². The van der Waals surface area contributed by atoms with Crippen molar-refractivity contribution in [3.8, 4) is 0 Å². The van der Waals surface area contributed by atoms with Gasteiger partial charge in [-0.2, -0.15) is 0 Å². The Morgan fingerprint density at radius 1 is 1.36 bits per heavy atom. The lowest BCUT2D eigenvalue weighted by atomic mass is 10.8. The van der Waals surface area contributed by atoms with E-state index in [9.17, 15) is 9.59 Å². The van der Waals surface area contributed by atoms with Crippen molar-refractivity contribution >= 4 is 12.6 Å². The first kappa shape index (κ1) is 9.74. The minimum Gasteiger partial charge on any atom is -0.464 e. The lowest BCUT2D eigenvalue weighted by Gasteiger charge is -2.02. The highest BCUT2D eigenvalue weighted by molar-refractivity contribution is 5.59. The van der Waals surface area contributed by atoms with Gasteiger partial charge in [0.2, 0.25) is 0 Å². The van der Waals surface area contributed by atoms with E-state index in [1.165, 1.54) is 0 Å². The van der Waals surface area contributed by atoms with Crippen molar-refractivity contribution in [2.45, 2.75) is 6.92 Å². The quantitative estimate of drug-likeness (QED) is 0.331. The first-order chi connectivity index (χ1) is 5.31. The van der Waals surface area contributed by atoms with Crippen LogP contribution in [0.5, 0.6) is 0 Å². The highest BCUT2D eigenvalue weighted by Crippen LogP contribution is 1.84. The van der Waals surface area contributed by atoms with Gasteiger partial charge in [0.25, 0.3) is 6.47 Å². The van der Waals surface area contributed by atoms with E-state index in [0.717, 1.165) is 0 Å². The summed E-state index contributed by atoms with van der Waals surface area (Å²) in [7, 11) is 0. The molecule has 0 bridgehead atoms. The first-order valence-corrected chi connectivity index (χ1v) is 3.16. The molecule has 0 fully saturated rings. The molecule has 0 atom stereocenters. The van der Waals surface area contributed by atoms with Gasteiger partial charge in [0.05, 0.1) is 6.61 Å². The summed E-state index contributed by atoms with van der Waals surface area (Å²) in [5, 5.41) is 0. The maximum absolute atomic E-state index is 10.4. The molecule has 5 nitrogen and oxygen atoms in total. The summed E-state index contributed by atoms with van der Waals surface area (Å²) in [4.78, 5) is 20.0. The van der Waals surface area contributed by atoms with Crippen molar-refractivity contribution in [1.82, 2.24) is 0 Å². The Kier molecular flexibility index (Phi) is 6.07. The summed E-state index contributed by atoms with van der Waals surface area (Å²) in [6, 6.07) is 0. The molecule has 0 N–H and O–H groups in total. The molecule has 0 aromatic rings. The van der Waals surface area contributed by atoms with E-state index in [-0.39, 0.29) is 26.3 Å². The van der Waals surface area contributed by atoms with Crippen LogP contribution in [-0.4, -0.2) is 32.4 Å². The van der Waals surface area contributed by atoms with Gasteiger partial charge in [-0.15, -0.1) is 0 Å². The average Bonchev–Trinajstić information content (AvgIpc) is 1.99. The summed E-state index contributed by atoms with van der Waals surface area (Å²) in [5.41, 5.74) is 0. The summed E-state index contributed by atoms with van der Waals surface area (Å²) < 4.78 is 13.1. The molecule has 0 aliphatic heterocycles. The van der Waals surface area contributed by atoms with Crippen molar-refractivity contribution in [3.63, 3.8) is 0 Å². The second-order valence-electron chi connectivity index (χ2n) is 1.50. The van der Waals surface area contributed by atoms with E-state index in [2.05, 4.69) is 14.2 Å². The van der Waals surface area contributed by atoms with Crippen LogP contribution in [0.25, 0.3) is 0 Å². The van der Waals surface area contributed by atoms with Crippen LogP contribution in [0.4, 0.5) is 4.79 Å². The van der Waals surface area contributed by atoms with E-state index in [1.54, 1.807) is 6.92 Å². The Morgan fingerprint density at radius 2 is 2.09 bits per heavy atom. The molecule has 0 aromatic heterocycles. The average molecular weight is 162 g/mol. The lowest BCUT2D eigenvalue weighted by molar-refractivity contribution is -0.129. The van der Waals surface area contributed by atoms with Gasteiger partial charge in [0, 0.05) is 0 Å². The fraction of sp³-hybridized carbons (Fsp3) is 0.667. The number of hydrogen-bond donors (Lipinski definition) is 0. The minimum absolute atomic E-state index is 0.0254. The smallest absolute Gasteiger partial charge is 0.464 e. The van der Waals surface area contributed by atoms with Gasteiger partial charge < -0.3 is 14.2 Å². The molecule has 0 radical (unpaired) electrons. The molecule has 5 heteroatoms. The minimum atomic E-state index is -0.748. The summed E-state index contributed by atoms with van der Waals surface area (Å²) >= 11 is 0. The standard InChI is InChI=1S/C6H10O5/c1-2-10-6(8)11-4-3-9-5-7/h5H,2-4H2,1H3. The van der Waals surface area contributed by atoms with Gasteiger partial charge in [-0.05, 0) is 6.92 Å². The van der Waals surface area contributed by atoms with Crippen LogP contribution in [0, 0.1) is 0 Å². The topological polar surface area (TPSA) is 61.8 Å². The molecule has 64 valence electrons. The van der Waals surface area contributed by atoms with Gasteiger partial charge in [-0.3, -0.25) is 4.79 Å². The van der Waals surface area contributed by atoms with E-state index < -0.39 is 6.16 Å². The highest BCUT2D eigenvalue weighted by Gasteiger charge is 1.99. The number of carbonyl (C=O) groups excluding carboxylic acids is 2. The lowest BCUT2D eigenvalue weighted by Crippen LogP contribution is -2.11. The first-order valence-electron chi connectivity index (χ1n) is 3.16. The molecule has 0 rings (SSSR count). The van der Waals surface area contributed by atoms with Crippen LogP contribution in [0.1, 0.15) is 6.92 Å². The van der Waals surface area contributed by atoms with Crippen LogP contribution < -0.4 is 0 Å². The van der Waals surface area contributed by atoms with Crippen molar-refractivity contribution in [2.24, 2.45) is 0 Å². The van der Waals surface area contributed by atoms with Gasteiger partial charge in [-0.25, -0.2) is 4.79 Å². The molecular weight excluding hydrogens is 152 g/mol. The van der Waals surface area contributed by atoms with E-state index in [1.807, 2.05) is 0 Å². The third-order valence-corrected chi connectivity index (χ3v) is 0.751. The number of carbonyl (C=O) groups is 2. The molecule has 0 unspecified atom stereocenters. The highest BCUT2D eigenvalue weighted by atomic mass is 16.7. The normalized spacial score (nSPS) is 8.45. The maximum atomic E-state index is 10.4. The zero-order valence-corrected chi connectivity index (χ0v) is 6.24. The monoisotopic (exact) mass is 162 g/mol. The third kappa shape index (κ3) is 6.63. The molecule has 0 amide bonds. The van der Waals surface area contributed by atoms with Crippen molar-refractivity contribution in [3.05, 3.63) is 0 Å². The SMILES string of the molecule is CCOC(=O)OCCOC=O. The molecule has 0 heterocycles. The maximum Gasteiger partial charge on any atom is 0.508 e. The Hall–Kier alpha value is -1.26. The largest absolute Gasteiger partial charge is 0.508 e. The third-order valence-electron chi connectivity index (χ3n) is 0.751. The second-order valence-corrected chi connectivity index (χ2v) is 1.50. The van der Waals surface area contributed by atoms with Gasteiger partial charge in [0.1, 0.15) is 13.2 Å². The van der Waals surface area contributed by atoms with Crippen LogP contribution >= 0.6 is 0 Å². The van der Waals surface area contributed by atoms with E-state index in [0.29, 0.717) is 0 Å². The van der Waals surface area contributed by atoms with Crippen LogP contribution in [0.3, 0.4) is 0 Å². The Bertz CT molecular complexity index is 122. The van der Waals surface area contributed by atoms with Crippen LogP contribution in [0.2, 0.25) is 0 Å². The Labute approximate surface area is 64.2 Å². The fourth-order valence-corrected chi connectivity index (χ4v) is 0.381. The van der Waals surface area contributed by atoms with Gasteiger partial charge >= 0.3 is 6.16 Å². The predicted molar refractivity (Wildman–Crippen MR) is 35.0 cm³/mol. The Morgan fingerprint density at radius 3 is 2.64 bits per heavy atom. The molecule has 0 spiro atoms. The van der Waals surface area contributed by atoms with Crippen LogP contribution in [0.15, 0.2) is 0 Å². The van der Waals surface area contributed by atoms with E-state index in [4.69, 9.17) is 0 Å². The van der Waals surface area contributed by atoms with E-state index >= 15 is 0 Å². The molecule has 0 aliphatic rings. The molecular formula is C6H10O5. The molecule has 0 saturated heterocycles. The molecule has 11 heavy (non-hydrogen) atoms. The molecule has 0 aliphatic carbocycles. The van der Waals surface area contributed by atoms with Crippen molar-refractivity contribution < 1.29 is 23.8 Å². The summed E-state index contributed by atoms with van der Waals surface area (Å²) in [6.07, 6.45) is -0.748. The second kappa shape index (κ2) is 6.85. The molecule has 0 saturated carbocycles. The summed E-state index contributed by atoms with van der Waals surface area (Å²) in [5.74, 6) is 0. The van der Waals surface area contributed by atoms with Gasteiger partial charge in [0.15, 0.2) is 0 Å².